The molecule has 0 fully saturated rings. The minimum atomic E-state index is -0.247. The second-order valence-corrected chi connectivity index (χ2v) is 2.64. The molecule has 12 heavy (non-hydrogen) atoms. The molecule has 0 atom stereocenters. The zero-order valence-electron chi connectivity index (χ0n) is 8.77. The molecule has 0 aromatic rings. The number of nitrogens with one attached hydrogen (secondary N) is 2. The Balaban J connectivity index is 4.42. The summed E-state index contributed by atoms with van der Waals surface area (Å²) >= 11 is 0. The summed E-state index contributed by atoms with van der Waals surface area (Å²) < 4.78 is 5.48. The normalized spacial score (nSPS) is 12.5. The van der Waals surface area contributed by atoms with E-state index in [9.17, 15) is 0 Å². The quantitative estimate of drug-likeness (QED) is 0.461. The highest BCUT2D eigenvalue weighted by Gasteiger charge is 2.31. The van der Waals surface area contributed by atoms with E-state index in [2.05, 4.69) is 24.7 Å². The van der Waals surface area contributed by atoms with E-state index in [0.717, 1.165) is 12.8 Å². The van der Waals surface area contributed by atoms with Crippen LogP contribution in [0.2, 0.25) is 0 Å². The number of hydrogen-bond donors (Lipinski definition) is 2. The molecule has 2 N–H and O–H groups in total. The van der Waals surface area contributed by atoms with Gasteiger partial charge in [0.1, 0.15) is 5.72 Å². The average molecular weight is 175 g/mol. The zero-order chi connectivity index (χ0) is 9.61. The second kappa shape index (κ2) is 5.48. The highest BCUT2D eigenvalue weighted by atomic mass is 16.5. The largest absolute Gasteiger partial charge is 0.361 e. The van der Waals surface area contributed by atoms with E-state index in [1.807, 2.05) is 19.2 Å². The molecule has 0 radical (unpaired) electrons. The molecular weight excluding hydrogens is 154 g/mol. The van der Waals surface area contributed by atoms with E-state index in [-0.39, 0.29) is 5.72 Å². The number of hydrogen-bond acceptors (Lipinski definition) is 4. The van der Waals surface area contributed by atoms with Gasteiger partial charge in [0.25, 0.3) is 0 Å². The van der Waals surface area contributed by atoms with E-state index in [4.69, 9.17) is 4.74 Å². The van der Waals surface area contributed by atoms with Crippen LogP contribution in [0.25, 0.3) is 0 Å². The topological polar surface area (TPSA) is 36.5 Å². The number of hydrazine groups is 2. The van der Waals surface area contributed by atoms with Crippen molar-refractivity contribution in [2.45, 2.75) is 32.4 Å². The molecule has 0 amide bonds. The lowest BCUT2D eigenvalue weighted by Gasteiger charge is -2.40. The molecule has 0 aliphatic rings. The van der Waals surface area contributed by atoms with Gasteiger partial charge in [0.15, 0.2) is 0 Å². The van der Waals surface area contributed by atoms with Crippen LogP contribution in [0, 0.1) is 0 Å². The van der Waals surface area contributed by atoms with Gasteiger partial charge < -0.3 is 4.74 Å². The molecule has 0 saturated heterocycles. The lowest BCUT2D eigenvalue weighted by atomic mass is 10.1. The van der Waals surface area contributed by atoms with Crippen molar-refractivity contribution in [2.75, 3.05) is 21.2 Å². The third kappa shape index (κ3) is 2.17. The van der Waals surface area contributed by atoms with Crippen molar-refractivity contribution in [3.8, 4) is 0 Å². The van der Waals surface area contributed by atoms with Crippen LogP contribution in [0.4, 0.5) is 0 Å². The van der Waals surface area contributed by atoms with Crippen molar-refractivity contribution in [1.29, 1.82) is 0 Å². The number of rotatable bonds is 6. The smallest absolute Gasteiger partial charge is 0.147 e. The molecule has 0 bridgehead atoms. The van der Waals surface area contributed by atoms with Gasteiger partial charge in [-0.05, 0) is 12.8 Å². The summed E-state index contributed by atoms with van der Waals surface area (Å²) in [5, 5.41) is 1.88. The minimum Gasteiger partial charge on any atom is -0.361 e. The maximum absolute atomic E-state index is 5.48. The molecule has 4 heteroatoms. The summed E-state index contributed by atoms with van der Waals surface area (Å²) in [5.41, 5.74) is 5.84. The Morgan fingerprint density at radius 2 is 1.58 bits per heavy atom. The van der Waals surface area contributed by atoms with E-state index < -0.39 is 0 Å². The number of ether oxygens (including phenoxy) is 1. The fourth-order valence-corrected chi connectivity index (χ4v) is 1.47. The Kier molecular flexibility index (Phi) is 5.41. The standard InChI is InChI=1S/C8H21N3O/c1-6-8(7-2,12-5)11(9-3)10-4/h9-10H,6-7H2,1-5H3. The van der Waals surface area contributed by atoms with E-state index in [1.165, 1.54) is 0 Å². The van der Waals surface area contributed by atoms with Crippen molar-refractivity contribution >= 4 is 0 Å². The first-order chi connectivity index (χ1) is 5.70. The van der Waals surface area contributed by atoms with Crippen LogP contribution in [0.15, 0.2) is 0 Å². The van der Waals surface area contributed by atoms with Crippen LogP contribution in [0.1, 0.15) is 26.7 Å². The molecule has 4 nitrogen and oxygen atoms in total. The first kappa shape index (κ1) is 11.8. The van der Waals surface area contributed by atoms with Crippen molar-refractivity contribution < 1.29 is 4.74 Å². The van der Waals surface area contributed by atoms with Gasteiger partial charge in [-0.3, -0.25) is 0 Å². The van der Waals surface area contributed by atoms with E-state index >= 15 is 0 Å². The Morgan fingerprint density at radius 1 is 1.17 bits per heavy atom. The molecular formula is C8H21N3O. The van der Waals surface area contributed by atoms with Gasteiger partial charge in [-0.15, -0.1) is 5.12 Å². The Bertz CT molecular complexity index is 103. The van der Waals surface area contributed by atoms with Gasteiger partial charge in [-0.2, -0.15) is 0 Å². The monoisotopic (exact) mass is 175 g/mol. The molecule has 0 rings (SSSR count). The lowest BCUT2D eigenvalue weighted by Crippen LogP contribution is -2.60. The van der Waals surface area contributed by atoms with Crippen LogP contribution >= 0.6 is 0 Å². The summed E-state index contributed by atoms with van der Waals surface area (Å²) in [4.78, 5) is 0. The first-order valence-electron chi connectivity index (χ1n) is 4.40. The van der Waals surface area contributed by atoms with Gasteiger partial charge in [0, 0.05) is 21.2 Å². The Labute approximate surface area is 75.2 Å². The molecule has 0 heterocycles. The van der Waals surface area contributed by atoms with Crippen LogP contribution in [0.5, 0.6) is 0 Å². The van der Waals surface area contributed by atoms with Gasteiger partial charge in [0.2, 0.25) is 0 Å². The summed E-state index contributed by atoms with van der Waals surface area (Å²) in [6, 6.07) is 0. The second-order valence-electron chi connectivity index (χ2n) is 2.64. The third-order valence-corrected chi connectivity index (χ3v) is 2.34. The maximum Gasteiger partial charge on any atom is 0.147 e. The summed E-state index contributed by atoms with van der Waals surface area (Å²) in [7, 11) is 5.47. The predicted molar refractivity (Wildman–Crippen MR) is 50.3 cm³/mol. The Hall–Kier alpha value is -0.160. The summed E-state index contributed by atoms with van der Waals surface area (Å²) in [5.74, 6) is 0. The molecule has 74 valence electrons. The van der Waals surface area contributed by atoms with Gasteiger partial charge in [-0.1, -0.05) is 13.8 Å². The fraction of sp³-hybridized carbons (Fsp3) is 1.00. The van der Waals surface area contributed by atoms with Crippen LogP contribution in [-0.4, -0.2) is 32.0 Å². The van der Waals surface area contributed by atoms with Crippen LogP contribution < -0.4 is 10.9 Å². The SMILES string of the molecule is CCC(CC)(OC)N(NC)NC. The molecule has 0 saturated carbocycles. The van der Waals surface area contributed by atoms with Crippen molar-refractivity contribution in [1.82, 2.24) is 16.0 Å². The highest BCUT2D eigenvalue weighted by Crippen LogP contribution is 2.20. The van der Waals surface area contributed by atoms with E-state index in [1.54, 1.807) is 7.11 Å². The highest BCUT2D eigenvalue weighted by molar-refractivity contribution is 4.72. The first-order valence-corrected chi connectivity index (χ1v) is 4.40. The van der Waals surface area contributed by atoms with Gasteiger partial charge in [0.05, 0.1) is 0 Å². The Morgan fingerprint density at radius 3 is 1.67 bits per heavy atom. The zero-order valence-corrected chi connectivity index (χ0v) is 8.77. The molecule has 0 spiro atoms. The fourth-order valence-electron chi connectivity index (χ4n) is 1.47. The van der Waals surface area contributed by atoms with Crippen molar-refractivity contribution in [3.63, 3.8) is 0 Å². The summed E-state index contributed by atoms with van der Waals surface area (Å²) in [6.45, 7) is 4.21. The molecule has 0 aromatic carbocycles. The van der Waals surface area contributed by atoms with Gasteiger partial charge >= 0.3 is 0 Å². The van der Waals surface area contributed by atoms with Crippen molar-refractivity contribution in [3.05, 3.63) is 0 Å². The predicted octanol–water partition coefficient (Wildman–Crippen LogP) is 0.720. The molecule has 0 aromatic heterocycles. The third-order valence-electron chi connectivity index (χ3n) is 2.34. The van der Waals surface area contributed by atoms with Crippen molar-refractivity contribution in [2.24, 2.45) is 0 Å². The molecule has 0 aliphatic carbocycles. The molecule has 0 unspecified atom stereocenters. The average Bonchev–Trinajstić information content (AvgIpc) is 2.14. The molecule has 0 aliphatic heterocycles. The number of nitrogens with zero attached hydrogens (tertiary/aromatic N) is 1. The van der Waals surface area contributed by atoms with Crippen LogP contribution in [-0.2, 0) is 4.74 Å². The maximum atomic E-state index is 5.48. The van der Waals surface area contributed by atoms with Gasteiger partial charge in [-0.25, -0.2) is 10.9 Å². The summed E-state index contributed by atoms with van der Waals surface area (Å²) in [6.07, 6.45) is 1.86. The lowest BCUT2D eigenvalue weighted by molar-refractivity contribution is -0.182. The van der Waals surface area contributed by atoms with E-state index in [0.29, 0.717) is 0 Å². The van der Waals surface area contributed by atoms with Crippen LogP contribution in [0.3, 0.4) is 0 Å². The minimum absolute atomic E-state index is 0.247. The number of methoxy groups -OCH3 is 1.